The number of nitrogens with one attached hydrogen (secondary N) is 1. The van der Waals surface area contributed by atoms with Crippen LogP contribution in [0.25, 0.3) is 10.9 Å². The second-order valence-corrected chi connectivity index (χ2v) is 5.60. The van der Waals surface area contributed by atoms with Gasteiger partial charge in [-0.05, 0) is 30.5 Å². The Kier molecular flexibility index (Phi) is 3.82. The number of hydrogen-bond acceptors (Lipinski definition) is 3. The van der Waals surface area contributed by atoms with Gasteiger partial charge in [0.25, 0.3) is 0 Å². The minimum atomic E-state index is -0.346. The number of fused-ring (bicyclic) bond motifs is 1. The molecule has 0 unspecified atom stereocenters. The number of pyridine rings is 1. The van der Waals surface area contributed by atoms with Gasteiger partial charge in [0.15, 0.2) is 5.82 Å². The third kappa shape index (κ3) is 2.62. The number of nitrogen functional groups attached to an aromatic ring is 1. The fourth-order valence-electron chi connectivity index (χ4n) is 1.95. The molecule has 0 aliphatic rings. The first-order chi connectivity index (χ1) is 8.51. The van der Waals surface area contributed by atoms with E-state index in [2.05, 4.69) is 40.2 Å². The molecule has 5 heteroatoms. The summed E-state index contributed by atoms with van der Waals surface area (Å²) in [4.78, 5) is 4.37. The molecule has 0 radical (unpaired) electrons. The molecule has 2 aromatic rings. The van der Waals surface area contributed by atoms with Crippen LogP contribution in [0.4, 0.5) is 10.1 Å². The maximum absolute atomic E-state index is 13.9. The molecule has 0 amide bonds. The number of anilines is 1. The van der Waals surface area contributed by atoms with Crippen molar-refractivity contribution in [1.82, 2.24) is 4.98 Å². The first-order valence-corrected chi connectivity index (χ1v) is 6.56. The summed E-state index contributed by atoms with van der Waals surface area (Å²) in [5.41, 5.74) is 4.49. The van der Waals surface area contributed by atoms with Crippen molar-refractivity contribution in [3.63, 3.8) is 0 Å². The molecule has 0 aliphatic carbocycles. The van der Waals surface area contributed by atoms with Crippen molar-refractivity contribution in [1.29, 1.82) is 0 Å². The Morgan fingerprint density at radius 2 is 2.11 bits per heavy atom. The van der Waals surface area contributed by atoms with E-state index >= 15 is 0 Å². The summed E-state index contributed by atoms with van der Waals surface area (Å²) in [7, 11) is 0. The summed E-state index contributed by atoms with van der Waals surface area (Å²) >= 11 is 3.27. The highest BCUT2D eigenvalue weighted by Crippen LogP contribution is 2.28. The number of hydrazine groups is 1. The van der Waals surface area contributed by atoms with Crippen molar-refractivity contribution < 1.29 is 4.39 Å². The lowest BCUT2D eigenvalue weighted by molar-refractivity contribution is 0.625. The number of halogens is 2. The molecule has 1 aromatic carbocycles. The van der Waals surface area contributed by atoms with Crippen LogP contribution >= 0.6 is 15.9 Å². The third-order valence-corrected chi connectivity index (χ3v) is 3.12. The maximum Gasteiger partial charge on any atom is 0.150 e. The van der Waals surface area contributed by atoms with Crippen LogP contribution in [0.3, 0.4) is 0 Å². The summed E-state index contributed by atoms with van der Waals surface area (Å²) in [5, 5.41) is 0.678. The van der Waals surface area contributed by atoms with Crippen LogP contribution in [-0.2, 0) is 6.42 Å². The molecule has 18 heavy (non-hydrogen) atoms. The first-order valence-electron chi connectivity index (χ1n) is 5.76. The highest BCUT2D eigenvalue weighted by Gasteiger charge is 2.11. The third-order valence-electron chi connectivity index (χ3n) is 2.66. The van der Waals surface area contributed by atoms with Crippen molar-refractivity contribution in [2.75, 3.05) is 5.43 Å². The minimum absolute atomic E-state index is 0.346. The molecule has 0 atom stereocenters. The van der Waals surface area contributed by atoms with Gasteiger partial charge < -0.3 is 5.43 Å². The van der Waals surface area contributed by atoms with Crippen molar-refractivity contribution in [2.45, 2.75) is 20.3 Å². The van der Waals surface area contributed by atoms with E-state index in [9.17, 15) is 4.39 Å². The molecule has 1 aromatic heterocycles. The molecule has 3 nitrogen and oxygen atoms in total. The largest absolute Gasteiger partial charge is 0.323 e. The smallest absolute Gasteiger partial charge is 0.150 e. The molecule has 0 bridgehead atoms. The van der Waals surface area contributed by atoms with Gasteiger partial charge in [-0.15, -0.1) is 0 Å². The first kappa shape index (κ1) is 13.2. The zero-order chi connectivity index (χ0) is 13.3. The lowest BCUT2D eigenvalue weighted by Gasteiger charge is -2.11. The van der Waals surface area contributed by atoms with Crippen LogP contribution in [0.1, 0.15) is 19.5 Å². The van der Waals surface area contributed by atoms with E-state index in [4.69, 9.17) is 5.84 Å². The Morgan fingerprint density at radius 1 is 1.39 bits per heavy atom. The maximum atomic E-state index is 13.9. The molecular formula is C13H15BrFN3. The predicted octanol–water partition coefficient (Wildman–Crippen LogP) is 3.62. The van der Waals surface area contributed by atoms with E-state index in [1.165, 1.54) is 6.07 Å². The number of hydrogen-bond donors (Lipinski definition) is 2. The molecule has 96 valence electrons. The summed E-state index contributed by atoms with van der Waals surface area (Å²) < 4.78 is 14.6. The summed E-state index contributed by atoms with van der Waals surface area (Å²) in [6, 6.07) is 5.09. The Labute approximate surface area is 114 Å². The molecule has 0 saturated carbocycles. The zero-order valence-corrected chi connectivity index (χ0v) is 11.9. The standard InChI is InChI=1S/C13H15BrFN3/c1-7(2)3-9-6-12(18-16)10-4-8(14)5-11(15)13(10)17-9/h4-7H,3,16H2,1-2H3,(H,17,18). The van der Waals surface area contributed by atoms with Crippen LogP contribution < -0.4 is 11.3 Å². The van der Waals surface area contributed by atoms with Gasteiger partial charge in [0.1, 0.15) is 5.52 Å². The quantitative estimate of drug-likeness (QED) is 0.672. The predicted molar refractivity (Wildman–Crippen MR) is 75.8 cm³/mol. The molecule has 0 fully saturated rings. The zero-order valence-electron chi connectivity index (χ0n) is 10.3. The monoisotopic (exact) mass is 311 g/mol. The molecule has 0 aliphatic heterocycles. The van der Waals surface area contributed by atoms with Crippen LogP contribution in [-0.4, -0.2) is 4.98 Å². The van der Waals surface area contributed by atoms with Crippen molar-refractivity contribution >= 4 is 32.5 Å². The normalized spacial score (nSPS) is 11.2. The number of nitrogens with two attached hydrogens (primary N) is 1. The Morgan fingerprint density at radius 3 is 2.72 bits per heavy atom. The summed E-state index contributed by atoms with van der Waals surface area (Å²) in [5.74, 6) is 5.61. The fraction of sp³-hybridized carbons (Fsp3) is 0.308. The SMILES string of the molecule is CC(C)Cc1cc(NN)c2cc(Br)cc(F)c2n1. The van der Waals surface area contributed by atoms with Gasteiger partial charge >= 0.3 is 0 Å². The topological polar surface area (TPSA) is 50.9 Å². The van der Waals surface area contributed by atoms with Crippen molar-refractivity contribution in [2.24, 2.45) is 11.8 Å². The van der Waals surface area contributed by atoms with Crippen molar-refractivity contribution in [3.8, 4) is 0 Å². The number of nitrogens with zero attached hydrogens (tertiary/aromatic N) is 1. The minimum Gasteiger partial charge on any atom is -0.323 e. The highest BCUT2D eigenvalue weighted by atomic mass is 79.9. The summed E-state index contributed by atoms with van der Waals surface area (Å²) in [6.45, 7) is 4.19. The molecular weight excluding hydrogens is 297 g/mol. The number of aromatic nitrogens is 1. The van der Waals surface area contributed by atoms with E-state index < -0.39 is 0 Å². The van der Waals surface area contributed by atoms with Gasteiger partial charge in [0.05, 0.1) is 5.69 Å². The van der Waals surface area contributed by atoms with Gasteiger partial charge in [-0.1, -0.05) is 29.8 Å². The van der Waals surface area contributed by atoms with Gasteiger partial charge in [-0.2, -0.15) is 0 Å². The van der Waals surface area contributed by atoms with Crippen LogP contribution in [0, 0.1) is 11.7 Å². The molecule has 0 spiro atoms. The lowest BCUT2D eigenvalue weighted by Crippen LogP contribution is -2.09. The van der Waals surface area contributed by atoms with Crippen LogP contribution in [0.2, 0.25) is 0 Å². The highest BCUT2D eigenvalue weighted by molar-refractivity contribution is 9.10. The number of rotatable bonds is 3. The second kappa shape index (κ2) is 5.20. The van der Waals surface area contributed by atoms with Gasteiger partial charge in [-0.3, -0.25) is 5.84 Å². The van der Waals surface area contributed by atoms with E-state index in [0.717, 1.165) is 12.1 Å². The fourth-order valence-corrected chi connectivity index (χ4v) is 2.38. The van der Waals surface area contributed by atoms with Gasteiger partial charge in [-0.25, -0.2) is 9.37 Å². The van der Waals surface area contributed by atoms with E-state index in [0.29, 0.717) is 27.0 Å². The Balaban J connectivity index is 2.67. The van der Waals surface area contributed by atoms with Gasteiger partial charge in [0, 0.05) is 15.6 Å². The second-order valence-electron chi connectivity index (χ2n) is 4.69. The van der Waals surface area contributed by atoms with Crippen molar-refractivity contribution in [3.05, 3.63) is 34.2 Å². The average molecular weight is 312 g/mol. The Hall–Kier alpha value is -1.20. The van der Waals surface area contributed by atoms with E-state index in [1.807, 2.05) is 6.07 Å². The van der Waals surface area contributed by atoms with Crippen LogP contribution in [0.5, 0.6) is 0 Å². The molecule has 2 rings (SSSR count). The van der Waals surface area contributed by atoms with Crippen LogP contribution in [0.15, 0.2) is 22.7 Å². The van der Waals surface area contributed by atoms with E-state index in [-0.39, 0.29) is 5.82 Å². The molecule has 3 N–H and O–H groups in total. The molecule has 1 heterocycles. The lowest BCUT2D eigenvalue weighted by atomic mass is 10.1. The summed E-state index contributed by atoms with van der Waals surface area (Å²) in [6.07, 6.45) is 0.792. The number of benzene rings is 1. The average Bonchev–Trinajstić information content (AvgIpc) is 2.28. The Bertz CT molecular complexity index is 584. The van der Waals surface area contributed by atoms with Gasteiger partial charge in [0.2, 0.25) is 0 Å². The molecule has 0 saturated heterocycles. The van der Waals surface area contributed by atoms with E-state index in [1.54, 1.807) is 6.07 Å².